The largest absolute Gasteiger partial charge is 0.457 e. The van der Waals surface area contributed by atoms with E-state index in [2.05, 4.69) is 44.2 Å². The van der Waals surface area contributed by atoms with Crippen LogP contribution < -0.4 is 10.1 Å². The van der Waals surface area contributed by atoms with Crippen LogP contribution in [0.4, 0.5) is 11.5 Å². The third-order valence-electron chi connectivity index (χ3n) is 5.96. The van der Waals surface area contributed by atoms with Gasteiger partial charge in [0.2, 0.25) is 0 Å². The number of ether oxygens (including phenoxy) is 1. The van der Waals surface area contributed by atoms with E-state index in [0.717, 1.165) is 17.2 Å². The van der Waals surface area contributed by atoms with Crippen molar-refractivity contribution < 1.29 is 14.3 Å². The maximum Gasteiger partial charge on any atom is 0.192 e. The molecule has 0 bridgehead atoms. The Morgan fingerprint density at radius 3 is 2.09 bits per heavy atom. The normalized spacial score (nSPS) is 12.5. The molecule has 1 heterocycles. The number of anilines is 2. The lowest BCUT2D eigenvalue weighted by atomic mass is 10.0. The quantitative estimate of drug-likeness (QED) is 0.358. The molecule has 0 aliphatic rings. The van der Waals surface area contributed by atoms with Gasteiger partial charge in [0.25, 0.3) is 0 Å². The van der Waals surface area contributed by atoms with Gasteiger partial charge in [-0.1, -0.05) is 39.0 Å². The average molecular weight is 466 g/mol. The second kappa shape index (κ2) is 9.63. The Balaban J connectivity index is 1.79. The lowest BCUT2D eigenvalue weighted by molar-refractivity contribution is 0.0785. The van der Waals surface area contributed by atoms with Crippen molar-refractivity contribution in [3.8, 4) is 11.5 Å². The van der Waals surface area contributed by atoms with E-state index in [0.29, 0.717) is 23.8 Å². The highest BCUT2D eigenvalue weighted by Gasteiger charge is 2.37. The lowest BCUT2D eigenvalue weighted by Gasteiger charge is -2.35. The van der Waals surface area contributed by atoms with Crippen molar-refractivity contribution in [2.75, 3.05) is 5.32 Å². The van der Waals surface area contributed by atoms with Gasteiger partial charge in [-0.3, -0.25) is 0 Å². The number of benzene rings is 2. The highest BCUT2D eigenvalue weighted by atomic mass is 28.4. The molecule has 0 fully saturated rings. The fraction of sp³-hybridized carbons (Fsp3) is 0.385. The third kappa shape index (κ3) is 6.63. The Labute approximate surface area is 198 Å². The number of aliphatic hydroxyl groups is 1. The maximum absolute atomic E-state index is 10.6. The molecule has 0 aliphatic heterocycles. The number of nitrogens with one attached hydrogen (secondary N) is 1. The minimum absolute atomic E-state index is 0.102. The van der Waals surface area contributed by atoms with Gasteiger partial charge in [-0.2, -0.15) is 0 Å². The highest BCUT2D eigenvalue weighted by Crippen LogP contribution is 2.37. The zero-order valence-corrected chi connectivity index (χ0v) is 21.6. The van der Waals surface area contributed by atoms with Crippen LogP contribution >= 0.6 is 0 Å². The zero-order valence-electron chi connectivity index (χ0n) is 20.6. The van der Waals surface area contributed by atoms with Gasteiger partial charge >= 0.3 is 0 Å². The van der Waals surface area contributed by atoms with Crippen molar-refractivity contribution in [1.29, 1.82) is 0 Å². The van der Waals surface area contributed by atoms with Crippen molar-refractivity contribution >= 4 is 19.8 Å². The van der Waals surface area contributed by atoms with Gasteiger partial charge in [0.05, 0.1) is 12.2 Å². The van der Waals surface area contributed by atoms with Gasteiger partial charge < -0.3 is 19.6 Å². The summed E-state index contributed by atoms with van der Waals surface area (Å²) in [6.07, 6.45) is 1.67. The number of para-hydroxylation sites is 1. The first-order valence-electron chi connectivity index (χ1n) is 11.2. The molecule has 0 saturated carbocycles. The molecule has 6 nitrogen and oxygen atoms in total. The summed E-state index contributed by atoms with van der Waals surface area (Å²) >= 11 is 0. The summed E-state index contributed by atoms with van der Waals surface area (Å²) in [6.45, 7) is 14.8. The molecule has 0 spiro atoms. The Morgan fingerprint density at radius 2 is 1.52 bits per heavy atom. The van der Waals surface area contributed by atoms with Gasteiger partial charge in [0, 0.05) is 17.4 Å². The third-order valence-corrected chi connectivity index (χ3v) is 10.4. The number of hydrogen-bond donors (Lipinski definition) is 2. The molecule has 33 heavy (non-hydrogen) atoms. The second-order valence-corrected chi connectivity index (χ2v) is 15.0. The number of hydrogen-bond acceptors (Lipinski definition) is 6. The fourth-order valence-electron chi connectivity index (χ4n) is 2.86. The van der Waals surface area contributed by atoms with Crippen LogP contribution in [0.25, 0.3) is 0 Å². The summed E-state index contributed by atoms with van der Waals surface area (Å²) in [5.41, 5.74) is 0.344. The molecule has 0 radical (unpaired) electrons. The van der Waals surface area contributed by atoms with Crippen LogP contribution in [0.2, 0.25) is 18.1 Å². The van der Waals surface area contributed by atoms with Gasteiger partial charge in [-0.25, -0.2) is 9.97 Å². The predicted molar refractivity (Wildman–Crippen MR) is 136 cm³/mol. The molecule has 3 aromatic rings. The number of rotatable bonds is 8. The van der Waals surface area contributed by atoms with Crippen LogP contribution in [-0.4, -0.2) is 23.4 Å². The molecule has 3 rings (SSSR count). The van der Waals surface area contributed by atoms with Crippen LogP contribution in [0.15, 0.2) is 60.8 Å². The minimum atomic E-state index is -1.93. The Bertz CT molecular complexity index is 1060. The lowest BCUT2D eigenvalue weighted by Crippen LogP contribution is -2.40. The first-order chi connectivity index (χ1) is 15.3. The van der Waals surface area contributed by atoms with Crippen molar-refractivity contribution in [3.05, 3.63) is 72.2 Å². The summed E-state index contributed by atoms with van der Waals surface area (Å²) in [4.78, 5) is 9.15. The van der Waals surface area contributed by atoms with Gasteiger partial charge in [-0.05, 0) is 68.4 Å². The van der Waals surface area contributed by atoms with Crippen molar-refractivity contribution in [2.24, 2.45) is 0 Å². The molecule has 2 N–H and O–H groups in total. The molecular formula is C26H35N3O3Si. The minimum Gasteiger partial charge on any atom is -0.457 e. The van der Waals surface area contributed by atoms with E-state index >= 15 is 0 Å². The topological polar surface area (TPSA) is 76.5 Å². The van der Waals surface area contributed by atoms with E-state index in [1.54, 1.807) is 20.0 Å². The second-order valence-electron chi connectivity index (χ2n) is 10.2. The molecular weight excluding hydrogens is 430 g/mol. The average Bonchev–Trinajstić information content (AvgIpc) is 2.73. The van der Waals surface area contributed by atoms with E-state index in [-0.39, 0.29) is 5.04 Å². The SMILES string of the molecule is CC(C)(O)c1cnc(CO[Si](C)(C)C(C)(C)C)nc1Nc1ccc(Oc2ccccc2)cc1. The number of nitrogens with zero attached hydrogens (tertiary/aromatic N) is 2. The van der Waals surface area contributed by atoms with Crippen LogP contribution in [0.5, 0.6) is 11.5 Å². The highest BCUT2D eigenvalue weighted by molar-refractivity contribution is 6.74. The van der Waals surface area contributed by atoms with Crippen molar-refractivity contribution in [1.82, 2.24) is 9.97 Å². The Kier molecular flexibility index (Phi) is 7.26. The smallest absolute Gasteiger partial charge is 0.192 e. The Hall–Kier alpha value is -2.74. The summed E-state index contributed by atoms with van der Waals surface area (Å²) in [5.74, 6) is 2.66. The monoisotopic (exact) mass is 465 g/mol. The van der Waals surface area contributed by atoms with Gasteiger partial charge in [0.1, 0.15) is 17.3 Å². The summed E-state index contributed by atoms with van der Waals surface area (Å²) in [7, 11) is -1.93. The molecule has 2 aromatic carbocycles. The zero-order chi connectivity index (χ0) is 24.3. The van der Waals surface area contributed by atoms with Gasteiger partial charge in [0.15, 0.2) is 14.1 Å². The van der Waals surface area contributed by atoms with Crippen LogP contribution in [0.3, 0.4) is 0 Å². The number of aromatic nitrogens is 2. The van der Waals surface area contributed by atoms with E-state index in [1.165, 1.54) is 0 Å². The van der Waals surface area contributed by atoms with E-state index in [4.69, 9.17) is 14.1 Å². The fourth-order valence-corrected chi connectivity index (χ4v) is 3.78. The summed E-state index contributed by atoms with van der Waals surface area (Å²) in [6, 6.07) is 17.3. The molecule has 0 aliphatic carbocycles. The first kappa shape index (κ1) is 24.9. The molecule has 7 heteroatoms. The molecule has 176 valence electrons. The van der Waals surface area contributed by atoms with Crippen LogP contribution in [-0.2, 0) is 16.6 Å². The molecule has 1 aromatic heterocycles. The molecule has 0 atom stereocenters. The van der Waals surface area contributed by atoms with Crippen LogP contribution in [0.1, 0.15) is 46.0 Å². The molecule has 0 saturated heterocycles. The van der Waals surface area contributed by atoms with E-state index in [1.807, 2.05) is 54.6 Å². The van der Waals surface area contributed by atoms with Gasteiger partial charge in [-0.15, -0.1) is 0 Å². The van der Waals surface area contributed by atoms with Crippen molar-refractivity contribution in [2.45, 2.75) is 65.0 Å². The summed E-state index contributed by atoms with van der Waals surface area (Å²) < 4.78 is 12.2. The first-order valence-corrected chi connectivity index (χ1v) is 14.1. The van der Waals surface area contributed by atoms with E-state index < -0.39 is 13.9 Å². The van der Waals surface area contributed by atoms with Crippen molar-refractivity contribution in [3.63, 3.8) is 0 Å². The molecule has 0 unspecified atom stereocenters. The van der Waals surface area contributed by atoms with E-state index in [9.17, 15) is 5.11 Å². The standard InChI is InChI=1S/C26H35N3O3Si/c1-25(2,3)33(6,7)31-18-23-27-17-22(26(4,5)30)24(29-23)28-19-13-15-21(16-14-19)32-20-11-9-8-10-12-20/h8-17,30H,18H2,1-7H3,(H,27,28,29). The predicted octanol–water partition coefficient (Wildman–Crippen LogP) is 6.76. The Morgan fingerprint density at radius 1 is 0.909 bits per heavy atom. The summed E-state index contributed by atoms with van der Waals surface area (Å²) in [5, 5.41) is 14.1. The maximum atomic E-state index is 10.6. The molecule has 0 amide bonds. The van der Waals surface area contributed by atoms with Crippen LogP contribution in [0, 0.1) is 0 Å².